The Kier molecular flexibility index (Phi) is 3.52. The fraction of sp³-hybridized carbons (Fsp3) is 0.273. The zero-order chi connectivity index (χ0) is 13.0. The van der Waals surface area contributed by atoms with Gasteiger partial charge in [-0.15, -0.1) is 0 Å². The van der Waals surface area contributed by atoms with E-state index in [-0.39, 0.29) is 12.0 Å². The second-order valence-electron chi connectivity index (χ2n) is 3.69. The third kappa shape index (κ3) is 2.82. The number of hydrogen-bond acceptors (Lipinski definition) is 7. The van der Waals surface area contributed by atoms with E-state index < -0.39 is 0 Å². The minimum absolute atomic E-state index is 0.137. The van der Waals surface area contributed by atoms with Gasteiger partial charge in [-0.25, -0.2) is 0 Å². The first kappa shape index (κ1) is 12.0. The molecule has 0 saturated carbocycles. The molecule has 0 aliphatic carbocycles. The number of nitrogen functional groups attached to an aromatic ring is 1. The summed E-state index contributed by atoms with van der Waals surface area (Å²) in [5.41, 5.74) is 6.69. The molecule has 0 spiro atoms. The summed E-state index contributed by atoms with van der Waals surface area (Å²) >= 11 is 0. The first-order valence-corrected chi connectivity index (χ1v) is 5.34. The second-order valence-corrected chi connectivity index (χ2v) is 3.69. The number of nitrogens with zero attached hydrogens (tertiary/aromatic N) is 5. The predicted octanol–water partition coefficient (Wildman–Crippen LogP) is 0.494. The highest BCUT2D eigenvalue weighted by Gasteiger charge is 2.09. The molecule has 7 heteroatoms. The van der Waals surface area contributed by atoms with E-state index in [9.17, 15) is 0 Å². The lowest BCUT2D eigenvalue weighted by atomic mass is 10.2. The van der Waals surface area contributed by atoms with Gasteiger partial charge in [0.25, 0.3) is 0 Å². The van der Waals surface area contributed by atoms with Crippen LogP contribution in [0.4, 0.5) is 11.9 Å². The van der Waals surface area contributed by atoms with E-state index in [0.29, 0.717) is 12.5 Å². The molecule has 0 unspecified atom stereocenters. The van der Waals surface area contributed by atoms with Gasteiger partial charge < -0.3 is 15.4 Å². The van der Waals surface area contributed by atoms with Gasteiger partial charge in [0.2, 0.25) is 11.9 Å². The van der Waals surface area contributed by atoms with E-state index in [2.05, 4.69) is 19.9 Å². The van der Waals surface area contributed by atoms with E-state index in [1.165, 1.54) is 7.11 Å². The highest BCUT2D eigenvalue weighted by atomic mass is 16.5. The average Bonchev–Trinajstić information content (AvgIpc) is 2.39. The molecular formula is C11H14N6O. The maximum atomic E-state index is 5.59. The quantitative estimate of drug-likeness (QED) is 0.839. The van der Waals surface area contributed by atoms with Crippen molar-refractivity contribution in [3.63, 3.8) is 0 Å². The zero-order valence-electron chi connectivity index (χ0n) is 10.2. The van der Waals surface area contributed by atoms with E-state index in [1.807, 2.05) is 24.1 Å². The highest BCUT2D eigenvalue weighted by molar-refractivity contribution is 5.36. The monoisotopic (exact) mass is 246 g/mol. The van der Waals surface area contributed by atoms with Crippen molar-refractivity contribution < 1.29 is 4.74 Å². The first-order valence-electron chi connectivity index (χ1n) is 5.34. The lowest BCUT2D eigenvalue weighted by Crippen LogP contribution is -2.20. The molecule has 0 bridgehead atoms. The normalized spacial score (nSPS) is 10.1. The SMILES string of the molecule is COc1nc(N)nc(N(C)Cc2ccncc2)n1. The molecule has 0 aliphatic heterocycles. The van der Waals surface area contributed by atoms with Gasteiger partial charge in [-0.2, -0.15) is 15.0 Å². The summed E-state index contributed by atoms with van der Waals surface area (Å²) in [6.45, 7) is 0.648. The lowest BCUT2D eigenvalue weighted by Gasteiger charge is -2.17. The number of pyridine rings is 1. The van der Waals surface area contributed by atoms with Crippen LogP contribution in [0.15, 0.2) is 24.5 Å². The van der Waals surface area contributed by atoms with Crippen LogP contribution in [0.2, 0.25) is 0 Å². The van der Waals surface area contributed by atoms with Gasteiger partial charge in [-0.3, -0.25) is 4.98 Å². The Bertz CT molecular complexity index is 518. The molecule has 2 aromatic heterocycles. The van der Waals surface area contributed by atoms with Gasteiger partial charge in [0.15, 0.2) is 0 Å². The van der Waals surface area contributed by atoms with Crippen LogP contribution in [0.1, 0.15) is 5.56 Å². The van der Waals surface area contributed by atoms with Crippen molar-refractivity contribution in [1.82, 2.24) is 19.9 Å². The lowest BCUT2D eigenvalue weighted by molar-refractivity contribution is 0.379. The van der Waals surface area contributed by atoms with Crippen LogP contribution in [-0.2, 0) is 6.54 Å². The van der Waals surface area contributed by atoms with Crippen molar-refractivity contribution in [2.45, 2.75) is 6.54 Å². The van der Waals surface area contributed by atoms with Crippen LogP contribution in [0, 0.1) is 0 Å². The molecule has 0 aliphatic rings. The van der Waals surface area contributed by atoms with E-state index >= 15 is 0 Å². The topological polar surface area (TPSA) is 90.0 Å². The molecule has 0 fully saturated rings. The largest absolute Gasteiger partial charge is 0.467 e. The highest BCUT2D eigenvalue weighted by Crippen LogP contribution is 2.13. The maximum absolute atomic E-state index is 5.59. The molecule has 0 radical (unpaired) electrons. The molecule has 0 saturated heterocycles. The van der Waals surface area contributed by atoms with Gasteiger partial charge in [-0.05, 0) is 17.7 Å². The van der Waals surface area contributed by atoms with Gasteiger partial charge in [0, 0.05) is 26.0 Å². The van der Waals surface area contributed by atoms with Crippen molar-refractivity contribution in [3.05, 3.63) is 30.1 Å². The number of methoxy groups -OCH3 is 1. The van der Waals surface area contributed by atoms with E-state index in [0.717, 1.165) is 5.56 Å². The molecule has 2 N–H and O–H groups in total. The summed E-state index contributed by atoms with van der Waals surface area (Å²) in [7, 11) is 3.36. The fourth-order valence-corrected chi connectivity index (χ4v) is 1.46. The van der Waals surface area contributed by atoms with Gasteiger partial charge in [-0.1, -0.05) is 0 Å². The summed E-state index contributed by atoms with van der Waals surface area (Å²) in [6.07, 6.45) is 3.48. The fourth-order valence-electron chi connectivity index (χ4n) is 1.46. The number of rotatable bonds is 4. The number of aromatic nitrogens is 4. The molecule has 7 nitrogen and oxygen atoms in total. The molecule has 0 amide bonds. The Morgan fingerprint density at radius 3 is 2.61 bits per heavy atom. The van der Waals surface area contributed by atoms with Crippen LogP contribution < -0.4 is 15.4 Å². The second kappa shape index (κ2) is 5.26. The average molecular weight is 246 g/mol. The molecule has 18 heavy (non-hydrogen) atoms. The van der Waals surface area contributed by atoms with Crippen molar-refractivity contribution in [2.24, 2.45) is 0 Å². The Morgan fingerprint density at radius 1 is 1.22 bits per heavy atom. The standard InChI is InChI=1S/C11H14N6O/c1-17(7-8-3-5-13-6-4-8)10-14-9(12)15-11(16-10)18-2/h3-6H,7H2,1-2H3,(H2,12,14,15,16). The Hall–Kier alpha value is -2.44. The molecule has 0 atom stereocenters. The van der Waals surface area contributed by atoms with Gasteiger partial charge in [0.05, 0.1) is 7.11 Å². The Labute approximate surface area is 105 Å². The Balaban J connectivity index is 2.18. The van der Waals surface area contributed by atoms with Crippen LogP contribution in [0.3, 0.4) is 0 Å². The van der Waals surface area contributed by atoms with E-state index in [1.54, 1.807) is 12.4 Å². The van der Waals surface area contributed by atoms with Crippen molar-refractivity contribution in [1.29, 1.82) is 0 Å². The summed E-state index contributed by atoms with van der Waals surface area (Å²) in [6, 6.07) is 4.07. The third-order valence-electron chi connectivity index (χ3n) is 2.31. The number of anilines is 2. The number of hydrogen-bond donors (Lipinski definition) is 1. The summed E-state index contributed by atoms with van der Waals surface area (Å²) in [4.78, 5) is 17.9. The van der Waals surface area contributed by atoms with Gasteiger partial charge in [0.1, 0.15) is 0 Å². The smallest absolute Gasteiger partial charge is 0.322 e. The number of ether oxygens (including phenoxy) is 1. The van der Waals surface area contributed by atoms with Crippen molar-refractivity contribution in [3.8, 4) is 6.01 Å². The molecule has 2 rings (SSSR count). The molecule has 0 aromatic carbocycles. The third-order valence-corrected chi connectivity index (χ3v) is 2.31. The van der Waals surface area contributed by atoms with Crippen LogP contribution in [0.5, 0.6) is 6.01 Å². The molecule has 94 valence electrons. The maximum Gasteiger partial charge on any atom is 0.322 e. The Morgan fingerprint density at radius 2 is 1.94 bits per heavy atom. The molecular weight excluding hydrogens is 232 g/mol. The summed E-state index contributed by atoms with van der Waals surface area (Å²) in [5, 5.41) is 0. The minimum Gasteiger partial charge on any atom is -0.467 e. The van der Waals surface area contributed by atoms with Crippen LogP contribution >= 0.6 is 0 Å². The van der Waals surface area contributed by atoms with E-state index in [4.69, 9.17) is 10.5 Å². The molecule has 2 heterocycles. The van der Waals surface area contributed by atoms with Crippen LogP contribution in [-0.4, -0.2) is 34.1 Å². The molecule has 2 aromatic rings. The minimum atomic E-state index is 0.137. The van der Waals surface area contributed by atoms with Crippen molar-refractivity contribution >= 4 is 11.9 Å². The zero-order valence-corrected chi connectivity index (χ0v) is 10.2. The first-order chi connectivity index (χ1) is 8.69. The number of nitrogens with two attached hydrogens (primary N) is 1. The predicted molar refractivity (Wildman–Crippen MR) is 67.1 cm³/mol. The summed E-state index contributed by atoms with van der Waals surface area (Å²) in [5.74, 6) is 0.606. The summed E-state index contributed by atoms with van der Waals surface area (Å²) < 4.78 is 4.96. The van der Waals surface area contributed by atoms with Gasteiger partial charge >= 0.3 is 6.01 Å². The van der Waals surface area contributed by atoms with Crippen LogP contribution in [0.25, 0.3) is 0 Å². The van der Waals surface area contributed by atoms with Crippen molar-refractivity contribution in [2.75, 3.05) is 24.8 Å².